The molecule has 0 aromatic carbocycles. The molecule has 0 saturated heterocycles. The van der Waals surface area contributed by atoms with Crippen molar-refractivity contribution in [2.75, 3.05) is 0 Å². The van der Waals surface area contributed by atoms with Gasteiger partial charge in [0.2, 0.25) is 0 Å². The molecule has 0 fully saturated rings. The number of nitrogens with one attached hydrogen (secondary N) is 1. The molecule has 0 bridgehead atoms. The summed E-state index contributed by atoms with van der Waals surface area (Å²) >= 11 is 5.74. The molecule has 0 aliphatic heterocycles. The largest absolute Gasteiger partial charge is 0.350 e. The highest BCUT2D eigenvalue weighted by Gasteiger charge is 2.10. The number of carbonyl (C=O) groups is 1. The summed E-state index contributed by atoms with van der Waals surface area (Å²) in [4.78, 5) is 15.7. The van der Waals surface area contributed by atoms with Crippen molar-refractivity contribution in [3.05, 3.63) is 29.0 Å². The summed E-state index contributed by atoms with van der Waals surface area (Å²) in [6.07, 6.45) is 3.64. The standard InChI is InChI=1S/C13H19ClN2O/c1-9(2)4-5-10(3)16-13(17)11-6-7-15-12(14)8-11/h6-10H,4-5H2,1-3H3,(H,16,17). The van der Waals surface area contributed by atoms with Crippen molar-refractivity contribution in [3.63, 3.8) is 0 Å². The number of carbonyl (C=O) groups excluding carboxylic acids is 1. The van der Waals surface area contributed by atoms with Gasteiger partial charge in [0, 0.05) is 17.8 Å². The zero-order chi connectivity index (χ0) is 12.8. The van der Waals surface area contributed by atoms with E-state index < -0.39 is 0 Å². The molecule has 0 aliphatic carbocycles. The highest BCUT2D eigenvalue weighted by Crippen LogP contribution is 2.09. The zero-order valence-electron chi connectivity index (χ0n) is 10.5. The van der Waals surface area contributed by atoms with Gasteiger partial charge in [-0.2, -0.15) is 0 Å². The normalized spacial score (nSPS) is 12.5. The molecule has 1 aromatic heterocycles. The van der Waals surface area contributed by atoms with Crippen molar-refractivity contribution in [1.29, 1.82) is 0 Å². The smallest absolute Gasteiger partial charge is 0.251 e. The van der Waals surface area contributed by atoms with Gasteiger partial charge in [0.1, 0.15) is 5.15 Å². The Morgan fingerprint density at radius 2 is 2.12 bits per heavy atom. The molecular formula is C13H19ClN2O. The molecule has 0 radical (unpaired) electrons. The lowest BCUT2D eigenvalue weighted by Gasteiger charge is -2.15. The molecule has 1 amide bonds. The third-order valence-corrected chi connectivity index (χ3v) is 2.75. The summed E-state index contributed by atoms with van der Waals surface area (Å²) < 4.78 is 0. The van der Waals surface area contributed by atoms with Crippen molar-refractivity contribution in [2.24, 2.45) is 5.92 Å². The molecule has 0 spiro atoms. The molecule has 1 rings (SSSR count). The van der Waals surface area contributed by atoms with Crippen molar-refractivity contribution in [1.82, 2.24) is 10.3 Å². The summed E-state index contributed by atoms with van der Waals surface area (Å²) in [7, 11) is 0. The molecule has 3 nitrogen and oxygen atoms in total. The van der Waals surface area contributed by atoms with Gasteiger partial charge in [-0.3, -0.25) is 4.79 Å². The Hall–Kier alpha value is -1.09. The van der Waals surface area contributed by atoms with Crippen LogP contribution < -0.4 is 5.32 Å². The second kappa shape index (κ2) is 6.60. The average Bonchev–Trinajstić information content (AvgIpc) is 2.26. The van der Waals surface area contributed by atoms with Crippen molar-refractivity contribution in [3.8, 4) is 0 Å². The molecular weight excluding hydrogens is 236 g/mol. The highest BCUT2D eigenvalue weighted by molar-refractivity contribution is 6.29. The van der Waals surface area contributed by atoms with E-state index in [4.69, 9.17) is 11.6 Å². The third-order valence-electron chi connectivity index (χ3n) is 2.54. The number of halogens is 1. The van der Waals surface area contributed by atoms with Crippen LogP contribution in [-0.2, 0) is 0 Å². The van der Waals surface area contributed by atoms with Gasteiger partial charge in [0.15, 0.2) is 0 Å². The maximum absolute atomic E-state index is 11.9. The van der Waals surface area contributed by atoms with E-state index in [1.165, 1.54) is 6.20 Å². The van der Waals surface area contributed by atoms with Crippen LogP contribution in [-0.4, -0.2) is 16.9 Å². The minimum Gasteiger partial charge on any atom is -0.350 e. The minimum absolute atomic E-state index is 0.0921. The average molecular weight is 255 g/mol. The lowest BCUT2D eigenvalue weighted by atomic mass is 10.0. The molecule has 94 valence electrons. The Labute approximate surface area is 108 Å². The first kappa shape index (κ1) is 14.0. The fourth-order valence-electron chi connectivity index (χ4n) is 1.51. The molecule has 17 heavy (non-hydrogen) atoms. The fraction of sp³-hybridized carbons (Fsp3) is 0.538. The molecule has 1 atom stereocenters. The molecule has 1 unspecified atom stereocenters. The van der Waals surface area contributed by atoms with Gasteiger partial charge in [0.25, 0.3) is 5.91 Å². The quantitative estimate of drug-likeness (QED) is 0.820. The molecule has 0 saturated carbocycles. The Bertz CT molecular complexity index is 379. The third kappa shape index (κ3) is 5.18. The Kier molecular flexibility index (Phi) is 5.42. The summed E-state index contributed by atoms with van der Waals surface area (Å²) in [5.74, 6) is 0.565. The first-order valence-corrected chi connectivity index (χ1v) is 6.29. The van der Waals surface area contributed by atoms with E-state index in [0.717, 1.165) is 12.8 Å². The summed E-state index contributed by atoms with van der Waals surface area (Å²) in [6, 6.07) is 3.42. The second-order valence-electron chi connectivity index (χ2n) is 4.71. The predicted molar refractivity (Wildman–Crippen MR) is 70.2 cm³/mol. The van der Waals surface area contributed by atoms with Crippen LogP contribution in [0.4, 0.5) is 0 Å². The van der Waals surface area contributed by atoms with E-state index in [9.17, 15) is 4.79 Å². The van der Waals surface area contributed by atoms with Gasteiger partial charge < -0.3 is 5.32 Å². The second-order valence-corrected chi connectivity index (χ2v) is 5.10. The van der Waals surface area contributed by atoms with Gasteiger partial charge in [-0.05, 0) is 37.8 Å². The Morgan fingerprint density at radius 3 is 2.71 bits per heavy atom. The molecule has 1 aromatic rings. The summed E-state index contributed by atoms with van der Waals surface area (Å²) in [5, 5.41) is 3.29. The fourth-order valence-corrected chi connectivity index (χ4v) is 1.68. The van der Waals surface area contributed by atoms with Crippen LogP contribution in [0, 0.1) is 5.92 Å². The van der Waals surface area contributed by atoms with E-state index in [1.54, 1.807) is 12.1 Å². The maximum atomic E-state index is 11.9. The van der Waals surface area contributed by atoms with Crippen LogP contribution in [0.5, 0.6) is 0 Å². The number of hydrogen-bond donors (Lipinski definition) is 1. The molecule has 1 N–H and O–H groups in total. The van der Waals surface area contributed by atoms with Crippen molar-refractivity contribution >= 4 is 17.5 Å². The predicted octanol–water partition coefficient (Wildman–Crippen LogP) is 3.29. The molecule has 4 heteroatoms. The molecule has 1 heterocycles. The topological polar surface area (TPSA) is 42.0 Å². The first-order chi connectivity index (χ1) is 7.99. The van der Waals surface area contributed by atoms with E-state index in [-0.39, 0.29) is 11.9 Å². The van der Waals surface area contributed by atoms with Gasteiger partial charge in [-0.25, -0.2) is 4.98 Å². The van der Waals surface area contributed by atoms with Crippen LogP contribution in [0.25, 0.3) is 0 Å². The van der Waals surface area contributed by atoms with Crippen LogP contribution in [0.2, 0.25) is 5.15 Å². The van der Waals surface area contributed by atoms with Gasteiger partial charge in [0.05, 0.1) is 0 Å². The lowest BCUT2D eigenvalue weighted by molar-refractivity contribution is 0.0937. The Morgan fingerprint density at radius 1 is 1.41 bits per heavy atom. The number of rotatable bonds is 5. The van der Waals surface area contributed by atoms with Crippen LogP contribution in [0.1, 0.15) is 44.0 Å². The van der Waals surface area contributed by atoms with Gasteiger partial charge in [-0.1, -0.05) is 25.4 Å². The monoisotopic (exact) mass is 254 g/mol. The number of nitrogens with zero attached hydrogens (tertiary/aromatic N) is 1. The van der Waals surface area contributed by atoms with E-state index >= 15 is 0 Å². The molecule has 0 aliphatic rings. The van der Waals surface area contributed by atoms with Gasteiger partial charge >= 0.3 is 0 Å². The van der Waals surface area contributed by atoms with E-state index in [0.29, 0.717) is 16.6 Å². The van der Waals surface area contributed by atoms with Crippen molar-refractivity contribution < 1.29 is 4.79 Å². The minimum atomic E-state index is -0.0921. The number of pyridine rings is 1. The zero-order valence-corrected chi connectivity index (χ0v) is 11.3. The van der Waals surface area contributed by atoms with Gasteiger partial charge in [-0.15, -0.1) is 0 Å². The SMILES string of the molecule is CC(C)CCC(C)NC(=O)c1ccnc(Cl)c1. The van der Waals surface area contributed by atoms with E-state index in [1.807, 2.05) is 6.92 Å². The number of hydrogen-bond acceptors (Lipinski definition) is 2. The van der Waals surface area contributed by atoms with Crippen LogP contribution in [0.3, 0.4) is 0 Å². The Balaban J connectivity index is 2.49. The van der Waals surface area contributed by atoms with Crippen molar-refractivity contribution in [2.45, 2.75) is 39.7 Å². The van der Waals surface area contributed by atoms with Crippen LogP contribution >= 0.6 is 11.6 Å². The summed E-state index contributed by atoms with van der Waals surface area (Å²) in [6.45, 7) is 6.37. The lowest BCUT2D eigenvalue weighted by Crippen LogP contribution is -2.32. The van der Waals surface area contributed by atoms with Crippen LogP contribution in [0.15, 0.2) is 18.3 Å². The number of aromatic nitrogens is 1. The first-order valence-electron chi connectivity index (χ1n) is 5.91. The van der Waals surface area contributed by atoms with E-state index in [2.05, 4.69) is 24.1 Å². The summed E-state index contributed by atoms with van der Waals surface area (Å²) in [5.41, 5.74) is 0.557. The maximum Gasteiger partial charge on any atom is 0.251 e. The number of amides is 1. The highest BCUT2D eigenvalue weighted by atomic mass is 35.5.